The number of methoxy groups -OCH3 is 1. The van der Waals surface area contributed by atoms with E-state index in [9.17, 15) is 9.59 Å². The first-order valence-corrected chi connectivity index (χ1v) is 11.5. The minimum atomic E-state index is -0.0983. The van der Waals surface area contributed by atoms with Gasteiger partial charge in [0.15, 0.2) is 0 Å². The lowest BCUT2D eigenvalue weighted by Gasteiger charge is -2.37. The Morgan fingerprint density at radius 3 is 1.86 bits per heavy atom. The van der Waals surface area contributed by atoms with Gasteiger partial charge in [-0.25, -0.2) is 0 Å². The largest absolute Gasteiger partial charge is 0.497 e. The molecule has 29 heavy (non-hydrogen) atoms. The van der Waals surface area contributed by atoms with E-state index in [1.807, 2.05) is 12.1 Å². The Morgan fingerprint density at radius 2 is 1.34 bits per heavy atom. The number of ketones is 1. The molecule has 2 aliphatic carbocycles. The quantitative estimate of drug-likeness (QED) is 0.398. The molecule has 0 N–H and O–H groups in total. The summed E-state index contributed by atoms with van der Waals surface area (Å²) in [6.45, 7) is 2.15. The van der Waals surface area contributed by atoms with Gasteiger partial charge in [-0.3, -0.25) is 9.59 Å². The Balaban J connectivity index is 1.40. The molecule has 4 nitrogen and oxygen atoms in total. The molecule has 0 aromatic heterocycles. The van der Waals surface area contributed by atoms with Crippen LogP contribution in [-0.2, 0) is 9.59 Å². The zero-order valence-electron chi connectivity index (χ0n) is 18.0. The SMILES string of the molecule is CCCCC(=O)C1CCC(C2CCC(C(=O)Oc3ccc(OC)cc3)CC2)CC1. The van der Waals surface area contributed by atoms with Gasteiger partial charge in [-0.15, -0.1) is 0 Å². The van der Waals surface area contributed by atoms with Gasteiger partial charge in [0.25, 0.3) is 0 Å². The molecule has 2 saturated carbocycles. The van der Waals surface area contributed by atoms with Crippen LogP contribution >= 0.6 is 0 Å². The van der Waals surface area contributed by atoms with E-state index in [1.54, 1.807) is 19.2 Å². The van der Waals surface area contributed by atoms with E-state index in [2.05, 4.69) is 6.92 Å². The van der Waals surface area contributed by atoms with Gasteiger partial charge in [0.2, 0.25) is 0 Å². The Morgan fingerprint density at radius 1 is 0.828 bits per heavy atom. The second-order valence-corrected chi connectivity index (χ2v) is 8.89. The van der Waals surface area contributed by atoms with E-state index in [1.165, 1.54) is 12.8 Å². The zero-order chi connectivity index (χ0) is 20.6. The molecular formula is C25H36O4. The number of hydrogen-bond acceptors (Lipinski definition) is 4. The van der Waals surface area contributed by atoms with E-state index in [0.717, 1.165) is 69.5 Å². The number of hydrogen-bond donors (Lipinski definition) is 0. The molecule has 0 saturated heterocycles. The van der Waals surface area contributed by atoms with Crippen molar-refractivity contribution < 1.29 is 19.1 Å². The van der Waals surface area contributed by atoms with Gasteiger partial charge in [-0.05, 0) is 93.9 Å². The number of rotatable bonds is 8. The molecule has 1 aromatic carbocycles. The standard InChI is InChI=1S/C25H36O4/c1-3-4-5-24(26)20-10-6-18(7-11-20)19-8-12-21(13-9-19)25(27)29-23-16-14-22(28-2)15-17-23/h14-21H,3-13H2,1-2H3. The van der Waals surface area contributed by atoms with Crippen LogP contribution in [0.1, 0.15) is 77.6 Å². The molecule has 2 fully saturated rings. The number of esters is 1. The number of Topliss-reactive ketones (excluding diaryl/α,β-unsaturated/α-hetero) is 1. The molecule has 0 radical (unpaired) electrons. The van der Waals surface area contributed by atoms with Crippen LogP contribution in [0.4, 0.5) is 0 Å². The Hall–Kier alpha value is -1.84. The molecule has 160 valence electrons. The fourth-order valence-electron chi connectivity index (χ4n) is 5.14. The molecule has 4 heteroatoms. The molecule has 0 amide bonds. The van der Waals surface area contributed by atoms with E-state index in [4.69, 9.17) is 9.47 Å². The normalized spacial score (nSPS) is 27.2. The average molecular weight is 401 g/mol. The lowest BCUT2D eigenvalue weighted by molar-refractivity contribution is -0.140. The summed E-state index contributed by atoms with van der Waals surface area (Å²) in [5.74, 6) is 3.52. The van der Waals surface area contributed by atoms with Crippen LogP contribution in [-0.4, -0.2) is 18.9 Å². The fourth-order valence-corrected chi connectivity index (χ4v) is 5.14. The van der Waals surface area contributed by atoms with Gasteiger partial charge in [0.05, 0.1) is 13.0 Å². The van der Waals surface area contributed by atoms with Crippen molar-refractivity contribution in [2.75, 3.05) is 7.11 Å². The first kappa shape index (κ1) is 21.9. The number of ether oxygens (including phenoxy) is 2. The summed E-state index contributed by atoms with van der Waals surface area (Å²) >= 11 is 0. The molecule has 0 unspecified atom stereocenters. The van der Waals surface area contributed by atoms with Crippen molar-refractivity contribution in [1.82, 2.24) is 0 Å². The third-order valence-electron chi connectivity index (χ3n) is 7.05. The minimum Gasteiger partial charge on any atom is -0.497 e. The number of benzene rings is 1. The summed E-state index contributed by atoms with van der Waals surface area (Å²) in [5, 5.41) is 0. The molecule has 0 spiro atoms. The maximum atomic E-state index is 12.5. The van der Waals surface area contributed by atoms with Gasteiger partial charge in [-0.2, -0.15) is 0 Å². The average Bonchev–Trinajstić information content (AvgIpc) is 2.78. The summed E-state index contributed by atoms with van der Waals surface area (Å²) in [5.41, 5.74) is 0. The van der Waals surface area contributed by atoms with Gasteiger partial charge in [0.1, 0.15) is 17.3 Å². The highest BCUT2D eigenvalue weighted by Gasteiger charge is 2.34. The third-order valence-corrected chi connectivity index (χ3v) is 7.05. The van der Waals surface area contributed by atoms with E-state index < -0.39 is 0 Å². The van der Waals surface area contributed by atoms with Gasteiger partial charge < -0.3 is 9.47 Å². The van der Waals surface area contributed by atoms with Crippen molar-refractivity contribution in [2.45, 2.75) is 77.6 Å². The molecule has 0 aliphatic heterocycles. The molecule has 0 atom stereocenters. The summed E-state index contributed by atoms with van der Waals surface area (Å²) in [4.78, 5) is 24.8. The van der Waals surface area contributed by atoms with E-state index in [0.29, 0.717) is 23.4 Å². The Labute approximate surface area is 175 Å². The van der Waals surface area contributed by atoms with E-state index in [-0.39, 0.29) is 11.9 Å². The van der Waals surface area contributed by atoms with Crippen LogP contribution in [0.25, 0.3) is 0 Å². The van der Waals surface area contributed by atoms with E-state index >= 15 is 0 Å². The van der Waals surface area contributed by atoms with Crippen molar-refractivity contribution in [3.8, 4) is 11.5 Å². The number of unbranched alkanes of at least 4 members (excludes halogenated alkanes) is 1. The molecule has 3 rings (SSSR count). The highest BCUT2D eigenvalue weighted by molar-refractivity contribution is 5.81. The highest BCUT2D eigenvalue weighted by atomic mass is 16.5. The first-order valence-electron chi connectivity index (χ1n) is 11.5. The summed E-state index contributed by atoms with van der Waals surface area (Å²) in [6.07, 6.45) is 11.5. The van der Waals surface area contributed by atoms with Crippen LogP contribution in [0.5, 0.6) is 11.5 Å². The number of carbonyl (C=O) groups is 2. The maximum absolute atomic E-state index is 12.5. The fraction of sp³-hybridized carbons (Fsp3) is 0.680. The molecule has 2 aliphatic rings. The first-order chi connectivity index (χ1) is 14.1. The summed E-state index contributed by atoms with van der Waals surface area (Å²) < 4.78 is 10.7. The molecular weight excluding hydrogens is 364 g/mol. The van der Waals surface area contributed by atoms with Crippen molar-refractivity contribution >= 4 is 11.8 Å². The van der Waals surface area contributed by atoms with Crippen molar-refractivity contribution in [2.24, 2.45) is 23.7 Å². The Bertz CT molecular complexity index is 650. The summed E-state index contributed by atoms with van der Waals surface area (Å²) in [6, 6.07) is 7.18. The van der Waals surface area contributed by atoms with Crippen molar-refractivity contribution in [3.63, 3.8) is 0 Å². The van der Waals surface area contributed by atoms with Crippen LogP contribution < -0.4 is 9.47 Å². The van der Waals surface area contributed by atoms with Crippen molar-refractivity contribution in [1.29, 1.82) is 0 Å². The topological polar surface area (TPSA) is 52.6 Å². The van der Waals surface area contributed by atoms with Crippen molar-refractivity contribution in [3.05, 3.63) is 24.3 Å². The Kier molecular flexibility index (Phi) is 8.14. The maximum Gasteiger partial charge on any atom is 0.314 e. The predicted octanol–water partition coefficient (Wildman–Crippen LogP) is 5.97. The predicted molar refractivity (Wildman–Crippen MR) is 114 cm³/mol. The minimum absolute atomic E-state index is 0.0142. The number of carbonyl (C=O) groups excluding carboxylic acids is 2. The molecule has 0 heterocycles. The third kappa shape index (κ3) is 6.07. The van der Waals surface area contributed by atoms with Crippen LogP contribution in [0, 0.1) is 23.7 Å². The highest BCUT2D eigenvalue weighted by Crippen LogP contribution is 2.42. The molecule has 0 bridgehead atoms. The second-order valence-electron chi connectivity index (χ2n) is 8.89. The van der Waals surface area contributed by atoms with Crippen LogP contribution in [0.15, 0.2) is 24.3 Å². The smallest absolute Gasteiger partial charge is 0.314 e. The second kappa shape index (κ2) is 10.8. The van der Waals surface area contributed by atoms with Gasteiger partial charge in [0, 0.05) is 12.3 Å². The van der Waals surface area contributed by atoms with Crippen LogP contribution in [0.2, 0.25) is 0 Å². The monoisotopic (exact) mass is 400 g/mol. The lowest BCUT2D eigenvalue weighted by Crippen LogP contribution is -2.31. The zero-order valence-corrected chi connectivity index (χ0v) is 18.0. The summed E-state index contributed by atoms with van der Waals surface area (Å²) in [7, 11) is 1.62. The van der Waals surface area contributed by atoms with Gasteiger partial charge >= 0.3 is 5.97 Å². The lowest BCUT2D eigenvalue weighted by atomic mass is 9.68. The van der Waals surface area contributed by atoms with Gasteiger partial charge in [-0.1, -0.05) is 13.3 Å². The van der Waals surface area contributed by atoms with Crippen LogP contribution in [0.3, 0.4) is 0 Å². The molecule has 1 aromatic rings.